The molecule has 0 radical (unpaired) electrons. The molecular formula is C25H29N3O5. The Kier molecular flexibility index (Phi) is 5.83. The van der Waals surface area contributed by atoms with E-state index in [-0.39, 0.29) is 33.7 Å². The Hall–Kier alpha value is -3.68. The van der Waals surface area contributed by atoms with Crippen LogP contribution in [-0.2, 0) is 15.6 Å². The van der Waals surface area contributed by atoms with E-state index < -0.39 is 16.9 Å². The van der Waals surface area contributed by atoms with Crippen molar-refractivity contribution in [3.63, 3.8) is 0 Å². The molecule has 0 bridgehead atoms. The normalized spacial score (nSPS) is 16.2. The van der Waals surface area contributed by atoms with E-state index in [2.05, 4.69) is 0 Å². The monoisotopic (exact) mass is 451 g/mol. The van der Waals surface area contributed by atoms with Gasteiger partial charge in [0.05, 0.1) is 10.6 Å². The molecule has 2 aromatic rings. The summed E-state index contributed by atoms with van der Waals surface area (Å²) in [5, 5.41) is 21.8. The summed E-state index contributed by atoms with van der Waals surface area (Å²) in [6, 6.07) is 8.37. The van der Waals surface area contributed by atoms with Gasteiger partial charge in [-0.15, -0.1) is 0 Å². The molecule has 0 spiro atoms. The van der Waals surface area contributed by atoms with Crippen LogP contribution in [0.4, 0.5) is 16.2 Å². The van der Waals surface area contributed by atoms with Crippen molar-refractivity contribution in [2.24, 2.45) is 0 Å². The number of benzene rings is 2. The summed E-state index contributed by atoms with van der Waals surface area (Å²) in [6.45, 7) is 12.0. The third-order valence-electron chi connectivity index (χ3n) is 5.63. The molecule has 1 fully saturated rings. The van der Waals surface area contributed by atoms with Gasteiger partial charge in [-0.25, -0.2) is 9.69 Å². The van der Waals surface area contributed by atoms with Crippen molar-refractivity contribution in [3.05, 3.63) is 68.9 Å². The summed E-state index contributed by atoms with van der Waals surface area (Å²) < 4.78 is 0. The lowest BCUT2D eigenvalue weighted by atomic mass is 9.78. The van der Waals surface area contributed by atoms with Gasteiger partial charge in [0.1, 0.15) is 11.4 Å². The largest absolute Gasteiger partial charge is 0.507 e. The molecule has 3 amide bonds. The lowest BCUT2D eigenvalue weighted by Crippen LogP contribution is -2.31. The lowest BCUT2D eigenvalue weighted by Gasteiger charge is -2.28. The number of nitro groups is 1. The van der Waals surface area contributed by atoms with Gasteiger partial charge in [0.15, 0.2) is 0 Å². The Morgan fingerprint density at radius 1 is 0.939 bits per heavy atom. The number of hydrogen-bond donors (Lipinski definition) is 1. The molecule has 0 saturated carbocycles. The molecule has 0 atom stereocenters. The standard InChI is InChI=1S/C25H29N3O5/c1-24(2,3)18-12-15(13-19(21(18)29)25(4,5)6)14-20-22(30)27(23(31)26(20)7)16-8-10-17(11-9-16)28(32)33/h8-14,29H,1-7H3/b20-14-. The van der Waals surface area contributed by atoms with Crippen LogP contribution in [0.2, 0.25) is 0 Å². The molecule has 174 valence electrons. The van der Waals surface area contributed by atoms with Crippen molar-refractivity contribution in [2.75, 3.05) is 11.9 Å². The third-order valence-corrected chi connectivity index (χ3v) is 5.63. The zero-order valence-corrected chi connectivity index (χ0v) is 20.0. The number of non-ortho nitro benzene ring substituents is 1. The van der Waals surface area contributed by atoms with Gasteiger partial charge in [0.25, 0.3) is 11.6 Å². The summed E-state index contributed by atoms with van der Waals surface area (Å²) >= 11 is 0. The van der Waals surface area contributed by atoms with Gasteiger partial charge in [0.2, 0.25) is 0 Å². The number of urea groups is 1. The first kappa shape index (κ1) is 24.0. The molecule has 1 aliphatic heterocycles. The topological polar surface area (TPSA) is 104 Å². The summed E-state index contributed by atoms with van der Waals surface area (Å²) in [5.74, 6) is -0.300. The average molecular weight is 452 g/mol. The number of hydrogen-bond acceptors (Lipinski definition) is 5. The first-order valence-electron chi connectivity index (χ1n) is 10.6. The molecule has 1 saturated heterocycles. The third kappa shape index (κ3) is 4.46. The Labute approximate surface area is 193 Å². The highest BCUT2D eigenvalue weighted by atomic mass is 16.6. The number of nitro benzene ring substituents is 1. The van der Waals surface area contributed by atoms with Crippen LogP contribution in [-0.4, -0.2) is 33.9 Å². The zero-order chi connectivity index (χ0) is 24.9. The van der Waals surface area contributed by atoms with Gasteiger partial charge in [-0.1, -0.05) is 41.5 Å². The smallest absolute Gasteiger partial charge is 0.336 e. The molecule has 8 nitrogen and oxygen atoms in total. The quantitative estimate of drug-likeness (QED) is 0.294. The number of amides is 3. The van der Waals surface area contributed by atoms with Crippen molar-refractivity contribution in [1.29, 1.82) is 0 Å². The number of carbonyl (C=O) groups excluding carboxylic acids is 2. The molecule has 8 heteroatoms. The van der Waals surface area contributed by atoms with Crippen LogP contribution in [0, 0.1) is 10.1 Å². The number of phenolic OH excluding ortho intramolecular Hbond substituents is 1. The summed E-state index contributed by atoms with van der Waals surface area (Å²) in [4.78, 5) is 38.7. The van der Waals surface area contributed by atoms with E-state index >= 15 is 0 Å². The number of nitrogens with zero attached hydrogens (tertiary/aromatic N) is 3. The van der Waals surface area contributed by atoms with Crippen molar-refractivity contribution in [2.45, 2.75) is 52.4 Å². The lowest BCUT2D eigenvalue weighted by molar-refractivity contribution is -0.384. The van der Waals surface area contributed by atoms with Crippen molar-refractivity contribution < 1.29 is 19.6 Å². The van der Waals surface area contributed by atoms with Crippen LogP contribution in [0.15, 0.2) is 42.1 Å². The van der Waals surface area contributed by atoms with E-state index in [9.17, 15) is 24.8 Å². The van der Waals surface area contributed by atoms with Gasteiger partial charge in [-0.2, -0.15) is 0 Å². The van der Waals surface area contributed by atoms with Crippen molar-refractivity contribution in [1.82, 2.24) is 4.90 Å². The van der Waals surface area contributed by atoms with Crippen LogP contribution in [0.3, 0.4) is 0 Å². The highest BCUT2D eigenvalue weighted by Crippen LogP contribution is 2.40. The maximum atomic E-state index is 13.2. The fourth-order valence-corrected chi connectivity index (χ4v) is 3.75. The van der Waals surface area contributed by atoms with E-state index in [1.807, 2.05) is 53.7 Å². The van der Waals surface area contributed by atoms with E-state index in [4.69, 9.17) is 0 Å². The van der Waals surface area contributed by atoms with Crippen molar-refractivity contribution >= 4 is 29.4 Å². The van der Waals surface area contributed by atoms with Crippen LogP contribution >= 0.6 is 0 Å². The van der Waals surface area contributed by atoms with Crippen molar-refractivity contribution in [3.8, 4) is 5.75 Å². The maximum Gasteiger partial charge on any atom is 0.336 e. The Morgan fingerprint density at radius 2 is 1.42 bits per heavy atom. The van der Waals surface area contributed by atoms with Crippen LogP contribution in [0.1, 0.15) is 58.2 Å². The van der Waals surface area contributed by atoms with E-state index in [1.165, 1.54) is 36.2 Å². The Morgan fingerprint density at radius 3 is 1.85 bits per heavy atom. The molecule has 33 heavy (non-hydrogen) atoms. The predicted octanol–water partition coefficient (Wildman–Crippen LogP) is 5.33. The van der Waals surface area contributed by atoms with Gasteiger partial charge in [0, 0.05) is 30.3 Å². The number of phenols is 1. The number of aromatic hydroxyl groups is 1. The molecule has 0 aromatic heterocycles. The Bertz CT molecular complexity index is 1130. The highest BCUT2D eigenvalue weighted by molar-refractivity contribution is 6.28. The molecule has 0 aliphatic carbocycles. The summed E-state index contributed by atoms with van der Waals surface area (Å²) in [7, 11) is 1.51. The van der Waals surface area contributed by atoms with Crippen LogP contribution in [0.25, 0.3) is 6.08 Å². The number of anilines is 1. The first-order chi connectivity index (χ1) is 15.1. The summed E-state index contributed by atoms with van der Waals surface area (Å²) in [6.07, 6.45) is 1.63. The van der Waals surface area contributed by atoms with Gasteiger partial charge >= 0.3 is 6.03 Å². The highest BCUT2D eigenvalue weighted by Gasteiger charge is 2.40. The molecule has 1 heterocycles. The van der Waals surface area contributed by atoms with Crippen LogP contribution < -0.4 is 4.90 Å². The number of likely N-dealkylation sites (N-methyl/N-ethyl adjacent to an activating group) is 1. The minimum Gasteiger partial charge on any atom is -0.507 e. The second kappa shape index (κ2) is 8.03. The summed E-state index contributed by atoms with van der Waals surface area (Å²) in [5.41, 5.74) is 1.79. The second-order valence-electron chi connectivity index (χ2n) is 10.2. The molecule has 2 aromatic carbocycles. The van der Waals surface area contributed by atoms with E-state index in [0.29, 0.717) is 5.56 Å². The molecule has 1 aliphatic rings. The van der Waals surface area contributed by atoms with Gasteiger partial charge in [-0.05, 0) is 46.7 Å². The molecular weight excluding hydrogens is 422 g/mol. The maximum absolute atomic E-state index is 13.2. The molecule has 0 unspecified atom stereocenters. The Balaban J connectivity index is 2.10. The molecule has 3 rings (SSSR count). The van der Waals surface area contributed by atoms with E-state index in [0.717, 1.165) is 16.0 Å². The van der Waals surface area contributed by atoms with Gasteiger partial charge in [-0.3, -0.25) is 19.8 Å². The first-order valence-corrected chi connectivity index (χ1v) is 10.6. The minimum atomic E-state index is -0.550. The second-order valence-corrected chi connectivity index (χ2v) is 10.2. The fraction of sp³-hybridized carbons (Fsp3) is 0.360. The fourth-order valence-electron chi connectivity index (χ4n) is 3.75. The van der Waals surface area contributed by atoms with Crippen LogP contribution in [0.5, 0.6) is 5.75 Å². The SMILES string of the molecule is CN1C(=O)N(c2ccc([N+](=O)[O-])cc2)C(=O)/C1=C/c1cc(C(C)(C)C)c(O)c(C(C)(C)C)c1. The minimum absolute atomic E-state index is 0.129. The van der Waals surface area contributed by atoms with E-state index in [1.54, 1.807) is 6.08 Å². The average Bonchev–Trinajstić information content (AvgIpc) is 2.90. The number of rotatable bonds is 3. The molecule has 1 N–H and O–H groups in total. The predicted molar refractivity (Wildman–Crippen MR) is 127 cm³/mol. The zero-order valence-electron chi connectivity index (χ0n) is 20.0. The number of carbonyl (C=O) groups is 2. The van der Waals surface area contributed by atoms with Gasteiger partial charge < -0.3 is 5.11 Å². The number of imide groups is 1.